The molecule has 0 aliphatic carbocycles. The molecule has 9 heteroatoms. The van der Waals surface area contributed by atoms with Crippen LogP contribution in [0, 0.1) is 17.2 Å². The summed E-state index contributed by atoms with van der Waals surface area (Å²) in [5.74, 6) is 1.21. The average Bonchev–Trinajstić information content (AvgIpc) is 3.20. The van der Waals surface area contributed by atoms with Crippen LogP contribution in [0.4, 0.5) is 17.3 Å². The Hall–Kier alpha value is -3.25. The Morgan fingerprint density at radius 2 is 2.27 bits per heavy atom. The lowest BCUT2D eigenvalue weighted by Crippen LogP contribution is -2.24. The molecule has 1 unspecified atom stereocenters. The number of pyridine rings is 1. The third kappa shape index (κ3) is 4.23. The number of amides is 1. The molecule has 1 amide bonds. The van der Waals surface area contributed by atoms with Gasteiger partial charge in [-0.3, -0.25) is 4.79 Å². The number of anilines is 3. The fraction of sp³-hybridized carbons (Fsp3) is 0.353. The number of hydrogen-bond acceptors (Lipinski definition) is 8. The molecule has 3 heterocycles. The van der Waals surface area contributed by atoms with Crippen molar-refractivity contribution in [1.29, 1.82) is 5.26 Å². The summed E-state index contributed by atoms with van der Waals surface area (Å²) >= 11 is 0. The Morgan fingerprint density at radius 3 is 2.92 bits per heavy atom. The zero-order valence-corrected chi connectivity index (χ0v) is 14.4. The predicted octanol–water partition coefficient (Wildman–Crippen LogP) is 0.868. The Morgan fingerprint density at radius 1 is 1.38 bits per heavy atom. The highest BCUT2D eigenvalue weighted by Gasteiger charge is 2.18. The second-order valence-electron chi connectivity index (χ2n) is 5.98. The highest BCUT2D eigenvalue weighted by Crippen LogP contribution is 2.20. The molecule has 4 N–H and O–H groups in total. The van der Waals surface area contributed by atoms with Crippen molar-refractivity contribution in [3.63, 3.8) is 0 Å². The summed E-state index contributed by atoms with van der Waals surface area (Å²) in [6.45, 7) is 2.72. The lowest BCUT2D eigenvalue weighted by molar-refractivity contribution is 0.0958. The van der Waals surface area contributed by atoms with E-state index in [1.54, 1.807) is 25.2 Å². The number of aromatic nitrogens is 3. The van der Waals surface area contributed by atoms with Crippen LogP contribution >= 0.6 is 0 Å². The van der Waals surface area contributed by atoms with E-state index in [2.05, 4.69) is 36.4 Å². The molecule has 2 aromatic rings. The molecule has 0 radical (unpaired) electrons. The van der Waals surface area contributed by atoms with Gasteiger partial charge < -0.3 is 21.3 Å². The van der Waals surface area contributed by atoms with Crippen molar-refractivity contribution < 1.29 is 4.79 Å². The van der Waals surface area contributed by atoms with Crippen LogP contribution in [-0.4, -0.2) is 47.8 Å². The SMILES string of the molecule is CNC(=O)c1nnc(Nc2ccc(C#N)cn2)cc1NCC1CCNC1. The molecular formula is C17H20N8O. The number of hydrogen-bond donors (Lipinski definition) is 4. The van der Waals surface area contributed by atoms with Gasteiger partial charge in [-0.25, -0.2) is 4.98 Å². The monoisotopic (exact) mass is 352 g/mol. The molecule has 0 aromatic carbocycles. The van der Waals surface area contributed by atoms with Gasteiger partial charge in [0, 0.05) is 25.9 Å². The second kappa shape index (κ2) is 8.22. The molecule has 1 atom stereocenters. The highest BCUT2D eigenvalue weighted by atomic mass is 16.1. The number of nitrogens with one attached hydrogen (secondary N) is 4. The summed E-state index contributed by atoms with van der Waals surface area (Å²) in [5.41, 5.74) is 1.34. The van der Waals surface area contributed by atoms with Crippen LogP contribution in [-0.2, 0) is 0 Å². The third-order valence-corrected chi connectivity index (χ3v) is 4.13. The summed E-state index contributed by atoms with van der Waals surface area (Å²) in [5, 5.41) is 29.1. The van der Waals surface area contributed by atoms with Gasteiger partial charge in [0.05, 0.1) is 11.3 Å². The van der Waals surface area contributed by atoms with Gasteiger partial charge in [-0.15, -0.1) is 10.2 Å². The van der Waals surface area contributed by atoms with E-state index in [-0.39, 0.29) is 11.6 Å². The summed E-state index contributed by atoms with van der Waals surface area (Å²) in [4.78, 5) is 16.2. The van der Waals surface area contributed by atoms with E-state index in [9.17, 15) is 4.79 Å². The van der Waals surface area contributed by atoms with Gasteiger partial charge >= 0.3 is 0 Å². The van der Waals surface area contributed by atoms with Crippen LogP contribution in [0.15, 0.2) is 24.4 Å². The van der Waals surface area contributed by atoms with Gasteiger partial charge in [0.25, 0.3) is 5.91 Å². The van der Waals surface area contributed by atoms with Gasteiger partial charge in [0.15, 0.2) is 11.5 Å². The van der Waals surface area contributed by atoms with Crippen molar-refractivity contribution >= 4 is 23.2 Å². The smallest absolute Gasteiger partial charge is 0.273 e. The first-order valence-electron chi connectivity index (χ1n) is 8.37. The van der Waals surface area contributed by atoms with Crippen molar-refractivity contribution in [2.24, 2.45) is 5.92 Å². The Labute approximate surface area is 151 Å². The topological polar surface area (TPSA) is 128 Å². The maximum absolute atomic E-state index is 12.0. The maximum Gasteiger partial charge on any atom is 0.273 e. The molecule has 1 aliphatic heterocycles. The minimum Gasteiger partial charge on any atom is -0.383 e. The van der Waals surface area contributed by atoms with Crippen molar-refractivity contribution in [2.45, 2.75) is 6.42 Å². The zero-order chi connectivity index (χ0) is 18.4. The van der Waals surface area contributed by atoms with E-state index in [4.69, 9.17) is 5.26 Å². The fourth-order valence-electron chi connectivity index (χ4n) is 2.68. The van der Waals surface area contributed by atoms with Crippen LogP contribution < -0.4 is 21.3 Å². The van der Waals surface area contributed by atoms with Crippen LogP contribution in [0.5, 0.6) is 0 Å². The third-order valence-electron chi connectivity index (χ3n) is 4.13. The van der Waals surface area contributed by atoms with E-state index in [0.717, 1.165) is 26.1 Å². The van der Waals surface area contributed by atoms with Crippen LogP contribution in [0.25, 0.3) is 0 Å². The molecule has 1 saturated heterocycles. The molecule has 0 bridgehead atoms. The standard InChI is InChI=1S/C17H20N8O/c1-19-17(26)16-13(21-10-12-4-5-20-8-12)6-15(24-25-16)23-14-3-2-11(7-18)9-22-14/h2-3,6,9,12,20H,4-5,8,10H2,1H3,(H,19,26)(H2,21,22,23,24). The maximum atomic E-state index is 12.0. The van der Waals surface area contributed by atoms with Gasteiger partial charge in [-0.1, -0.05) is 0 Å². The largest absolute Gasteiger partial charge is 0.383 e. The molecule has 0 spiro atoms. The molecule has 1 fully saturated rings. The van der Waals surface area contributed by atoms with E-state index in [1.165, 1.54) is 6.20 Å². The van der Waals surface area contributed by atoms with Gasteiger partial charge in [0.2, 0.25) is 0 Å². The summed E-state index contributed by atoms with van der Waals surface area (Å²) in [7, 11) is 1.56. The van der Waals surface area contributed by atoms with Gasteiger partial charge in [0.1, 0.15) is 11.9 Å². The van der Waals surface area contributed by atoms with E-state index >= 15 is 0 Å². The minimum absolute atomic E-state index is 0.247. The van der Waals surface area contributed by atoms with E-state index in [1.807, 2.05) is 6.07 Å². The number of nitriles is 1. The van der Waals surface area contributed by atoms with Crippen LogP contribution in [0.3, 0.4) is 0 Å². The number of rotatable bonds is 6. The van der Waals surface area contributed by atoms with Crippen LogP contribution in [0.1, 0.15) is 22.5 Å². The van der Waals surface area contributed by atoms with Crippen LogP contribution in [0.2, 0.25) is 0 Å². The Bertz CT molecular complexity index is 809. The summed E-state index contributed by atoms with van der Waals surface area (Å²) in [6, 6.07) is 7.10. The molecule has 134 valence electrons. The average molecular weight is 352 g/mol. The number of carbonyl (C=O) groups excluding carboxylic acids is 1. The minimum atomic E-state index is -0.299. The summed E-state index contributed by atoms with van der Waals surface area (Å²) in [6.07, 6.45) is 2.57. The summed E-state index contributed by atoms with van der Waals surface area (Å²) < 4.78 is 0. The quantitative estimate of drug-likeness (QED) is 0.603. The Kier molecular flexibility index (Phi) is 5.56. The molecule has 0 saturated carbocycles. The van der Waals surface area contributed by atoms with Gasteiger partial charge in [-0.05, 0) is 37.6 Å². The van der Waals surface area contributed by atoms with Crippen molar-refractivity contribution in [3.8, 4) is 6.07 Å². The molecular weight excluding hydrogens is 332 g/mol. The van der Waals surface area contributed by atoms with Gasteiger partial charge in [-0.2, -0.15) is 5.26 Å². The lowest BCUT2D eigenvalue weighted by atomic mass is 10.1. The van der Waals surface area contributed by atoms with E-state index in [0.29, 0.717) is 28.8 Å². The number of nitrogens with zero attached hydrogens (tertiary/aromatic N) is 4. The predicted molar refractivity (Wildman–Crippen MR) is 97.1 cm³/mol. The molecule has 2 aromatic heterocycles. The fourth-order valence-corrected chi connectivity index (χ4v) is 2.68. The van der Waals surface area contributed by atoms with Crippen molar-refractivity contribution in [1.82, 2.24) is 25.8 Å². The zero-order valence-electron chi connectivity index (χ0n) is 14.4. The van der Waals surface area contributed by atoms with Crippen molar-refractivity contribution in [2.75, 3.05) is 37.3 Å². The first kappa shape index (κ1) is 17.6. The lowest BCUT2D eigenvalue weighted by Gasteiger charge is -2.14. The molecule has 1 aliphatic rings. The molecule has 9 nitrogen and oxygen atoms in total. The molecule has 26 heavy (non-hydrogen) atoms. The normalized spacial score (nSPS) is 15.9. The van der Waals surface area contributed by atoms with Crippen molar-refractivity contribution in [3.05, 3.63) is 35.7 Å². The number of carbonyl (C=O) groups is 1. The van der Waals surface area contributed by atoms with E-state index < -0.39 is 0 Å². The second-order valence-corrected chi connectivity index (χ2v) is 5.98. The molecule has 3 rings (SSSR count). The first-order valence-corrected chi connectivity index (χ1v) is 8.37. The first-order chi connectivity index (χ1) is 12.7. The highest BCUT2D eigenvalue weighted by molar-refractivity contribution is 5.97. The Balaban J connectivity index is 1.78.